The van der Waals surface area contributed by atoms with Crippen molar-refractivity contribution in [3.05, 3.63) is 17.5 Å². The van der Waals surface area contributed by atoms with Crippen LogP contribution in [0.1, 0.15) is 32.2 Å². The lowest BCUT2D eigenvalue weighted by molar-refractivity contribution is -0.132. The minimum absolute atomic E-state index is 0.0262. The molecular weight excluding hydrogens is 268 g/mol. The summed E-state index contributed by atoms with van der Waals surface area (Å²) in [5.41, 5.74) is 0.883. The zero-order chi connectivity index (χ0) is 15.5. The summed E-state index contributed by atoms with van der Waals surface area (Å²) in [6.07, 6.45) is 0. The van der Waals surface area contributed by atoms with Gasteiger partial charge >= 0.3 is 0 Å². The highest BCUT2D eigenvalue weighted by Gasteiger charge is 2.22. The Bertz CT molecular complexity index is 470. The van der Waals surface area contributed by atoms with Gasteiger partial charge in [0.25, 0.3) is 0 Å². The number of carbonyl (C=O) groups is 1. The number of aromatic nitrogens is 1. The maximum Gasteiger partial charge on any atom is 0.236 e. The van der Waals surface area contributed by atoms with Crippen molar-refractivity contribution >= 4 is 5.91 Å². The molecule has 0 spiro atoms. The van der Waals surface area contributed by atoms with E-state index < -0.39 is 0 Å². The molecule has 6 nitrogen and oxygen atoms in total. The Labute approximate surface area is 126 Å². The molecule has 2 heterocycles. The van der Waals surface area contributed by atoms with E-state index in [-0.39, 0.29) is 11.4 Å². The molecule has 1 N–H and O–H groups in total. The lowest BCUT2D eigenvalue weighted by Gasteiger charge is -2.34. The zero-order valence-corrected chi connectivity index (χ0v) is 13.5. The molecule has 21 heavy (non-hydrogen) atoms. The van der Waals surface area contributed by atoms with Crippen LogP contribution in [-0.4, -0.2) is 59.1 Å². The number of nitrogens with zero attached hydrogens (tertiary/aromatic N) is 3. The number of aryl methyl sites for hydroxylation is 1. The third-order valence-electron chi connectivity index (χ3n) is 3.55. The van der Waals surface area contributed by atoms with Crippen LogP contribution < -0.4 is 5.32 Å². The molecule has 1 aromatic heterocycles. The summed E-state index contributed by atoms with van der Waals surface area (Å²) in [5, 5.41) is 7.14. The number of amides is 1. The number of hydrogen-bond acceptors (Lipinski definition) is 5. The highest BCUT2D eigenvalue weighted by Crippen LogP contribution is 2.10. The quantitative estimate of drug-likeness (QED) is 0.898. The highest BCUT2D eigenvalue weighted by molar-refractivity contribution is 5.78. The van der Waals surface area contributed by atoms with E-state index in [1.54, 1.807) is 0 Å². The van der Waals surface area contributed by atoms with Crippen LogP contribution >= 0.6 is 0 Å². The van der Waals surface area contributed by atoms with E-state index in [4.69, 9.17) is 4.52 Å². The first kappa shape index (κ1) is 16.0. The number of hydrogen-bond donors (Lipinski definition) is 1. The number of piperazine rings is 1. The maximum absolute atomic E-state index is 12.1. The van der Waals surface area contributed by atoms with E-state index in [1.807, 2.05) is 17.9 Å². The number of rotatable bonds is 4. The minimum atomic E-state index is -0.0262. The molecule has 1 amide bonds. The summed E-state index contributed by atoms with van der Waals surface area (Å²) in [5.74, 6) is 1.07. The van der Waals surface area contributed by atoms with Crippen molar-refractivity contribution in [2.75, 3.05) is 32.7 Å². The molecule has 1 fully saturated rings. The van der Waals surface area contributed by atoms with Gasteiger partial charge in [-0.3, -0.25) is 9.69 Å². The van der Waals surface area contributed by atoms with Crippen LogP contribution in [0.2, 0.25) is 0 Å². The molecule has 0 aromatic carbocycles. The fourth-order valence-corrected chi connectivity index (χ4v) is 2.32. The van der Waals surface area contributed by atoms with Gasteiger partial charge in [-0.05, 0) is 27.7 Å². The minimum Gasteiger partial charge on any atom is -0.360 e. The van der Waals surface area contributed by atoms with Crippen LogP contribution in [-0.2, 0) is 11.3 Å². The molecule has 2 rings (SSSR count). The molecular formula is C15H26N4O2. The summed E-state index contributed by atoms with van der Waals surface area (Å²) >= 11 is 0. The van der Waals surface area contributed by atoms with Crippen molar-refractivity contribution in [1.29, 1.82) is 0 Å². The molecule has 0 radical (unpaired) electrons. The van der Waals surface area contributed by atoms with E-state index >= 15 is 0 Å². The SMILES string of the molecule is Cc1cc(CN2CCN(C(=O)CNC(C)(C)C)CC2)on1. The van der Waals surface area contributed by atoms with Gasteiger partial charge in [0, 0.05) is 37.8 Å². The molecule has 1 aromatic rings. The van der Waals surface area contributed by atoms with Gasteiger partial charge in [0.05, 0.1) is 18.8 Å². The summed E-state index contributed by atoms with van der Waals surface area (Å²) in [6, 6.07) is 1.96. The smallest absolute Gasteiger partial charge is 0.236 e. The Kier molecular flexibility index (Phi) is 5.00. The largest absolute Gasteiger partial charge is 0.360 e. The fraction of sp³-hybridized carbons (Fsp3) is 0.733. The van der Waals surface area contributed by atoms with Crippen LogP contribution in [0.3, 0.4) is 0 Å². The number of carbonyl (C=O) groups excluding carboxylic acids is 1. The van der Waals surface area contributed by atoms with Gasteiger partial charge in [0.2, 0.25) is 5.91 Å². The molecule has 0 saturated carbocycles. The first-order valence-electron chi connectivity index (χ1n) is 7.51. The Morgan fingerprint density at radius 3 is 2.52 bits per heavy atom. The summed E-state index contributed by atoms with van der Waals surface area (Å²) in [4.78, 5) is 16.4. The summed E-state index contributed by atoms with van der Waals surface area (Å²) in [6.45, 7) is 12.6. The second kappa shape index (κ2) is 6.58. The Morgan fingerprint density at radius 1 is 1.33 bits per heavy atom. The standard InChI is InChI=1S/C15H26N4O2/c1-12-9-13(21-17-12)11-18-5-7-19(8-6-18)14(20)10-16-15(2,3)4/h9,16H,5-8,10-11H2,1-4H3. The predicted octanol–water partition coefficient (Wildman–Crippen LogP) is 1.02. The molecule has 1 aliphatic heterocycles. The topological polar surface area (TPSA) is 61.6 Å². The third-order valence-corrected chi connectivity index (χ3v) is 3.55. The second-order valence-corrected chi connectivity index (χ2v) is 6.70. The van der Waals surface area contributed by atoms with Crippen molar-refractivity contribution < 1.29 is 9.32 Å². The van der Waals surface area contributed by atoms with Crippen molar-refractivity contribution in [3.63, 3.8) is 0 Å². The molecule has 118 valence electrons. The van der Waals surface area contributed by atoms with Crippen LogP contribution in [0.25, 0.3) is 0 Å². The average molecular weight is 294 g/mol. The predicted molar refractivity (Wildman–Crippen MR) is 80.9 cm³/mol. The Balaban J connectivity index is 1.74. The van der Waals surface area contributed by atoms with Gasteiger partial charge < -0.3 is 14.7 Å². The molecule has 6 heteroatoms. The third kappa shape index (κ3) is 5.13. The van der Waals surface area contributed by atoms with Crippen LogP contribution in [0.4, 0.5) is 0 Å². The highest BCUT2D eigenvalue weighted by atomic mass is 16.5. The summed E-state index contributed by atoms with van der Waals surface area (Å²) < 4.78 is 5.24. The lowest BCUT2D eigenvalue weighted by atomic mass is 10.1. The van der Waals surface area contributed by atoms with Gasteiger partial charge in [-0.15, -0.1) is 0 Å². The van der Waals surface area contributed by atoms with Crippen LogP contribution in [0.5, 0.6) is 0 Å². The number of nitrogens with one attached hydrogen (secondary N) is 1. The van der Waals surface area contributed by atoms with E-state index in [9.17, 15) is 4.79 Å². The van der Waals surface area contributed by atoms with Crippen molar-refractivity contribution in [1.82, 2.24) is 20.3 Å². The van der Waals surface area contributed by atoms with Crippen molar-refractivity contribution in [3.8, 4) is 0 Å². The van der Waals surface area contributed by atoms with E-state index in [1.165, 1.54) is 0 Å². The maximum atomic E-state index is 12.1. The van der Waals surface area contributed by atoms with E-state index in [2.05, 4.69) is 36.1 Å². The summed E-state index contributed by atoms with van der Waals surface area (Å²) in [7, 11) is 0. The zero-order valence-electron chi connectivity index (χ0n) is 13.5. The van der Waals surface area contributed by atoms with E-state index in [0.29, 0.717) is 6.54 Å². The first-order chi connectivity index (χ1) is 9.83. The molecule has 0 unspecified atom stereocenters. The monoisotopic (exact) mass is 294 g/mol. The van der Waals surface area contributed by atoms with Crippen molar-refractivity contribution in [2.45, 2.75) is 39.8 Å². The van der Waals surface area contributed by atoms with Crippen LogP contribution in [0, 0.1) is 6.92 Å². The lowest BCUT2D eigenvalue weighted by Crippen LogP contribution is -2.52. The van der Waals surface area contributed by atoms with Gasteiger partial charge in [0.15, 0.2) is 5.76 Å². The molecule has 0 aliphatic carbocycles. The van der Waals surface area contributed by atoms with Gasteiger partial charge in [-0.1, -0.05) is 5.16 Å². The normalized spacial score (nSPS) is 17.2. The first-order valence-corrected chi connectivity index (χ1v) is 7.51. The fourth-order valence-electron chi connectivity index (χ4n) is 2.32. The van der Waals surface area contributed by atoms with Gasteiger partial charge in [-0.25, -0.2) is 0 Å². The van der Waals surface area contributed by atoms with Crippen molar-refractivity contribution in [2.24, 2.45) is 0 Å². The Hall–Kier alpha value is -1.40. The van der Waals surface area contributed by atoms with Gasteiger partial charge in [0.1, 0.15) is 0 Å². The average Bonchev–Trinajstić information content (AvgIpc) is 2.81. The molecule has 0 atom stereocenters. The molecule has 0 bridgehead atoms. The molecule has 1 aliphatic rings. The van der Waals surface area contributed by atoms with Gasteiger partial charge in [-0.2, -0.15) is 0 Å². The second-order valence-electron chi connectivity index (χ2n) is 6.70. The van der Waals surface area contributed by atoms with E-state index in [0.717, 1.165) is 44.2 Å². The Morgan fingerprint density at radius 2 is 2.00 bits per heavy atom. The van der Waals surface area contributed by atoms with Crippen LogP contribution in [0.15, 0.2) is 10.6 Å². The molecule has 1 saturated heterocycles.